The minimum atomic E-state index is -0.310. The van der Waals surface area contributed by atoms with Gasteiger partial charge in [0.15, 0.2) is 0 Å². The largest absolute Gasteiger partial charge is 0.335 e. The Kier molecular flexibility index (Phi) is 3.12. The second kappa shape index (κ2) is 4.82. The molecule has 4 nitrogen and oxygen atoms in total. The predicted molar refractivity (Wildman–Crippen MR) is 86.8 cm³/mol. The van der Waals surface area contributed by atoms with E-state index in [0.717, 1.165) is 37.9 Å². The van der Waals surface area contributed by atoms with Gasteiger partial charge in [0, 0.05) is 29.9 Å². The molecule has 1 aromatic rings. The first-order valence-corrected chi connectivity index (χ1v) is 9.15. The lowest BCUT2D eigenvalue weighted by atomic mass is 9.72. The maximum Gasteiger partial charge on any atom is 0.235 e. The summed E-state index contributed by atoms with van der Waals surface area (Å²) in [7, 11) is 0. The Morgan fingerprint density at radius 1 is 1.41 bits per heavy atom. The number of nitrogens with zero attached hydrogens (tertiary/aromatic N) is 2. The summed E-state index contributed by atoms with van der Waals surface area (Å²) >= 11 is 1.63. The van der Waals surface area contributed by atoms with Crippen molar-refractivity contribution in [2.75, 3.05) is 11.4 Å². The molecule has 4 heterocycles. The van der Waals surface area contributed by atoms with Crippen LogP contribution >= 0.6 is 11.3 Å². The summed E-state index contributed by atoms with van der Waals surface area (Å²) in [5.74, 6) is 0.494. The van der Waals surface area contributed by atoms with Crippen LogP contribution in [-0.4, -0.2) is 35.3 Å². The number of carbonyl (C=O) groups is 2. The van der Waals surface area contributed by atoms with Crippen molar-refractivity contribution in [3.63, 3.8) is 0 Å². The fourth-order valence-corrected chi connectivity index (χ4v) is 5.40. The summed E-state index contributed by atoms with van der Waals surface area (Å²) < 4.78 is 0. The molecule has 3 aliphatic heterocycles. The molecule has 0 N–H and O–H groups in total. The van der Waals surface area contributed by atoms with Crippen LogP contribution in [0, 0.1) is 11.3 Å². The first-order chi connectivity index (χ1) is 10.5. The molecule has 0 saturated carbocycles. The number of hydrogen-bond donors (Lipinski definition) is 0. The van der Waals surface area contributed by atoms with E-state index in [-0.39, 0.29) is 35.2 Å². The van der Waals surface area contributed by atoms with Crippen LogP contribution in [0.2, 0.25) is 0 Å². The highest BCUT2D eigenvalue weighted by Gasteiger charge is 2.64. The Morgan fingerprint density at radius 3 is 2.91 bits per heavy atom. The molecule has 3 atom stereocenters. The Hall–Kier alpha value is -1.36. The number of hydrogen-bond acceptors (Lipinski definition) is 3. The van der Waals surface area contributed by atoms with E-state index < -0.39 is 0 Å². The smallest absolute Gasteiger partial charge is 0.235 e. The van der Waals surface area contributed by atoms with E-state index in [1.807, 2.05) is 35.6 Å². The number of amides is 2. The van der Waals surface area contributed by atoms with Crippen molar-refractivity contribution in [2.45, 2.75) is 51.6 Å². The SMILES string of the molecule is CC(C)C(=O)N1C2CCC1C1(CCN(c3ccsc3)C1=O)C2. The van der Waals surface area contributed by atoms with Crippen molar-refractivity contribution in [1.82, 2.24) is 4.90 Å². The molecule has 0 aromatic carbocycles. The van der Waals surface area contributed by atoms with Gasteiger partial charge in [-0.25, -0.2) is 0 Å². The Labute approximate surface area is 135 Å². The monoisotopic (exact) mass is 318 g/mol. The van der Waals surface area contributed by atoms with Crippen LogP contribution in [0.1, 0.15) is 39.5 Å². The van der Waals surface area contributed by atoms with Gasteiger partial charge in [0.2, 0.25) is 11.8 Å². The highest BCUT2D eigenvalue weighted by Crippen LogP contribution is 2.55. The number of anilines is 1. The maximum atomic E-state index is 13.1. The molecular formula is C17H22N2O2S. The minimum Gasteiger partial charge on any atom is -0.335 e. The highest BCUT2D eigenvalue weighted by molar-refractivity contribution is 7.08. The molecule has 3 unspecified atom stereocenters. The lowest BCUT2D eigenvalue weighted by Gasteiger charge is -2.32. The van der Waals surface area contributed by atoms with Crippen LogP contribution < -0.4 is 4.90 Å². The predicted octanol–water partition coefficient (Wildman–Crippen LogP) is 2.89. The van der Waals surface area contributed by atoms with Gasteiger partial charge in [-0.2, -0.15) is 11.3 Å². The molecule has 3 aliphatic rings. The van der Waals surface area contributed by atoms with Gasteiger partial charge >= 0.3 is 0 Å². The number of rotatable bonds is 2. The lowest BCUT2D eigenvalue weighted by Crippen LogP contribution is -2.46. The van der Waals surface area contributed by atoms with Crippen LogP contribution in [0.15, 0.2) is 16.8 Å². The zero-order valence-corrected chi connectivity index (χ0v) is 13.9. The summed E-state index contributed by atoms with van der Waals surface area (Å²) in [6.45, 7) is 4.71. The van der Waals surface area contributed by atoms with Gasteiger partial charge in [-0.3, -0.25) is 9.59 Å². The van der Waals surface area contributed by atoms with E-state index in [1.165, 1.54) is 0 Å². The Bertz CT molecular complexity index is 612. The fraction of sp³-hybridized carbons (Fsp3) is 0.647. The third-order valence-corrected chi connectivity index (χ3v) is 6.43. The van der Waals surface area contributed by atoms with Crippen molar-refractivity contribution in [2.24, 2.45) is 11.3 Å². The first kappa shape index (κ1) is 14.2. The summed E-state index contributed by atoms with van der Waals surface area (Å²) in [5.41, 5.74) is 0.714. The Morgan fingerprint density at radius 2 is 2.23 bits per heavy atom. The molecule has 0 radical (unpaired) electrons. The van der Waals surface area contributed by atoms with Crippen LogP contribution in [0.4, 0.5) is 5.69 Å². The molecule has 2 bridgehead atoms. The highest BCUT2D eigenvalue weighted by atomic mass is 32.1. The van der Waals surface area contributed by atoms with E-state index in [4.69, 9.17) is 0 Å². The standard InChI is InChI=1S/C17H22N2O2S/c1-11(2)15(20)19-12-3-4-14(19)17(9-12)6-7-18(16(17)21)13-5-8-22-10-13/h5,8,10-12,14H,3-4,6-7,9H2,1-2H3. The number of thiophene rings is 1. The zero-order valence-electron chi connectivity index (χ0n) is 13.1. The third kappa shape index (κ3) is 1.75. The molecule has 0 aliphatic carbocycles. The van der Waals surface area contributed by atoms with Crippen molar-refractivity contribution < 1.29 is 9.59 Å². The average Bonchev–Trinajstić information content (AvgIpc) is 3.24. The number of fused-ring (bicyclic) bond motifs is 3. The van der Waals surface area contributed by atoms with Crippen molar-refractivity contribution in [1.29, 1.82) is 0 Å². The van der Waals surface area contributed by atoms with Crippen LogP contribution in [0.25, 0.3) is 0 Å². The van der Waals surface area contributed by atoms with Crippen LogP contribution in [0.3, 0.4) is 0 Å². The van der Waals surface area contributed by atoms with Crippen molar-refractivity contribution >= 4 is 28.8 Å². The van der Waals surface area contributed by atoms with Gasteiger partial charge in [0.05, 0.1) is 11.1 Å². The topological polar surface area (TPSA) is 40.6 Å². The van der Waals surface area contributed by atoms with E-state index in [1.54, 1.807) is 11.3 Å². The van der Waals surface area contributed by atoms with E-state index in [0.29, 0.717) is 0 Å². The maximum absolute atomic E-state index is 13.1. The first-order valence-electron chi connectivity index (χ1n) is 8.21. The fourth-order valence-electron chi connectivity index (χ4n) is 4.76. The van der Waals surface area contributed by atoms with Crippen LogP contribution in [0.5, 0.6) is 0 Å². The minimum absolute atomic E-state index is 0.0164. The summed E-state index contributed by atoms with van der Waals surface area (Å²) in [4.78, 5) is 29.7. The summed E-state index contributed by atoms with van der Waals surface area (Å²) in [6.07, 6.45) is 3.82. The molecule has 5 heteroatoms. The van der Waals surface area contributed by atoms with E-state index in [9.17, 15) is 9.59 Å². The normalized spacial score (nSPS) is 33.7. The van der Waals surface area contributed by atoms with Gasteiger partial charge in [-0.05, 0) is 37.1 Å². The van der Waals surface area contributed by atoms with Gasteiger partial charge in [-0.15, -0.1) is 0 Å². The molecule has 118 valence electrons. The van der Waals surface area contributed by atoms with E-state index in [2.05, 4.69) is 4.90 Å². The van der Waals surface area contributed by atoms with Gasteiger partial charge < -0.3 is 9.80 Å². The molecular weight excluding hydrogens is 296 g/mol. The lowest BCUT2D eigenvalue weighted by molar-refractivity contribution is -0.137. The molecule has 1 aromatic heterocycles. The van der Waals surface area contributed by atoms with Gasteiger partial charge in [-0.1, -0.05) is 13.8 Å². The molecule has 4 rings (SSSR count). The second-order valence-electron chi connectivity index (χ2n) is 7.20. The van der Waals surface area contributed by atoms with E-state index >= 15 is 0 Å². The molecule has 22 heavy (non-hydrogen) atoms. The molecule has 3 saturated heterocycles. The summed E-state index contributed by atoms with van der Waals surface area (Å²) in [6, 6.07) is 2.43. The molecule has 3 fully saturated rings. The third-order valence-electron chi connectivity index (χ3n) is 5.76. The van der Waals surface area contributed by atoms with Crippen LogP contribution in [-0.2, 0) is 9.59 Å². The molecule has 1 spiro atoms. The average molecular weight is 318 g/mol. The molecule has 2 amide bonds. The van der Waals surface area contributed by atoms with Crippen molar-refractivity contribution in [3.05, 3.63) is 16.8 Å². The Balaban J connectivity index is 1.64. The second-order valence-corrected chi connectivity index (χ2v) is 7.98. The summed E-state index contributed by atoms with van der Waals surface area (Å²) in [5, 5.41) is 4.06. The zero-order chi connectivity index (χ0) is 15.5. The number of carbonyl (C=O) groups excluding carboxylic acids is 2. The van der Waals surface area contributed by atoms with Gasteiger partial charge in [0.25, 0.3) is 0 Å². The van der Waals surface area contributed by atoms with Gasteiger partial charge in [0.1, 0.15) is 0 Å². The van der Waals surface area contributed by atoms with Crippen molar-refractivity contribution in [3.8, 4) is 0 Å². The quantitative estimate of drug-likeness (QED) is 0.841.